The molecule has 0 amide bonds. The Morgan fingerprint density at radius 3 is 2.30 bits per heavy atom. The summed E-state index contributed by atoms with van der Waals surface area (Å²) in [7, 11) is 0. The highest BCUT2D eigenvalue weighted by Gasteiger charge is 2.36. The molecule has 20 heavy (non-hydrogen) atoms. The molecule has 0 bridgehead atoms. The van der Waals surface area contributed by atoms with Crippen molar-refractivity contribution in [2.75, 3.05) is 13.1 Å². The highest BCUT2D eigenvalue weighted by Crippen LogP contribution is 2.28. The number of piperidine rings is 1. The quantitative estimate of drug-likeness (QED) is 0.890. The number of hydrogen-bond donors (Lipinski definition) is 1. The zero-order valence-corrected chi connectivity index (χ0v) is 13.4. The molecule has 2 rings (SSSR count). The van der Waals surface area contributed by atoms with Gasteiger partial charge >= 0.3 is 0 Å². The van der Waals surface area contributed by atoms with Gasteiger partial charge in [-0.2, -0.15) is 0 Å². The van der Waals surface area contributed by atoms with Crippen LogP contribution < -0.4 is 5.73 Å². The van der Waals surface area contributed by atoms with E-state index in [1.165, 1.54) is 43.5 Å². The Hall–Kier alpha value is -0.860. The molecule has 2 heteroatoms. The van der Waals surface area contributed by atoms with E-state index in [4.69, 9.17) is 5.73 Å². The zero-order chi connectivity index (χ0) is 14.6. The normalized spacial score (nSPS) is 21.4. The van der Waals surface area contributed by atoms with Crippen LogP contribution in [0.1, 0.15) is 50.7 Å². The molecule has 1 aromatic rings. The molecule has 2 nitrogen and oxygen atoms in total. The minimum Gasteiger partial charge on any atom is -0.326 e. The summed E-state index contributed by atoms with van der Waals surface area (Å²) in [6, 6.07) is 9.02. The summed E-state index contributed by atoms with van der Waals surface area (Å²) in [6.07, 6.45) is 6.13. The molecule has 1 aromatic carbocycles. The fourth-order valence-electron chi connectivity index (χ4n) is 3.32. The summed E-state index contributed by atoms with van der Waals surface area (Å²) in [5, 5.41) is 0. The molecule has 112 valence electrons. The van der Waals surface area contributed by atoms with Crippen molar-refractivity contribution in [3.63, 3.8) is 0 Å². The number of aryl methyl sites for hydroxylation is 1. The van der Waals surface area contributed by atoms with Crippen LogP contribution in [0, 0.1) is 6.92 Å². The number of rotatable bonds is 5. The van der Waals surface area contributed by atoms with Gasteiger partial charge in [0.05, 0.1) is 0 Å². The van der Waals surface area contributed by atoms with Gasteiger partial charge in [-0.1, -0.05) is 43.2 Å². The zero-order valence-electron chi connectivity index (χ0n) is 13.4. The molecule has 0 aliphatic carbocycles. The van der Waals surface area contributed by atoms with Gasteiger partial charge in [0, 0.05) is 11.6 Å². The van der Waals surface area contributed by atoms with E-state index in [1.807, 2.05) is 0 Å². The third-order valence-electron chi connectivity index (χ3n) is 5.17. The van der Waals surface area contributed by atoms with Crippen molar-refractivity contribution in [2.24, 2.45) is 5.73 Å². The van der Waals surface area contributed by atoms with Gasteiger partial charge in [0.15, 0.2) is 0 Å². The van der Waals surface area contributed by atoms with E-state index in [9.17, 15) is 0 Å². The van der Waals surface area contributed by atoms with Crippen molar-refractivity contribution in [1.29, 1.82) is 0 Å². The number of nitrogens with two attached hydrogens (primary N) is 1. The van der Waals surface area contributed by atoms with Crippen molar-refractivity contribution in [3.8, 4) is 0 Å². The largest absolute Gasteiger partial charge is 0.326 e. The van der Waals surface area contributed by atoms with Crippen LogP contribution in [0.5, 0.6) is 0 Å². The second-order valence-corrected chi connectivity index (χ2v) is 6.55. The standard InChI is InChI=1S/C18H30N2/c1-4-18(3,20-12-6-5-7-13-20)17(19)14-16-10-8-15(2)9-11-16/h8-11,17H,4-7,12-14,19H2,1-3H3. The maximum atomic E-state index is 6.62. The third kappa shape index (κ3) is 3.42. The number of benzene rings is 1. The van der Waals surface area contributed by atoms with Gasteiger partial charge in [-0.3, -0.25) is 4.90 Å². The van der Waals surface area contributed by atoms with Crippen LogP contribution >= 0.6 is 0 Å². The van der Waals surface area contributed by atoms with Gasteiger partial charge in [0.1, 0.15) is 0 Å². The van der Waals surface area contributed by atoms with Crippen molar-refractivity contribution in [3.05, 3.63) is 35.4 Å². The number of hydrogen-bond acceptors (Lipinski definition) is 2. The van der Waals surface area contributed by atoms with Crippen molar-refractivity contribution >= 4 is 0 Å². The van der Waals surface area contributed by atoms with Crippen LogP contribution in [0.2, 0.25) is 0 Å². The van der Waals surface area contributed by atoms with Gasteiger partial charge in [-0.15, -0.1) is 0 Å². The lowest BCUT2D eigenvalue weighted by Crippen LogP contribution is -2.59. The fraction of sp³-hybridized carbons (Fsp3) is 0.667. The van der Waals surface area contributed by atoms with Crippen LogP contribution in [0.3, 0.4) is 0 Å². The monoisotopic (exact) mass is 274 g/mol. The number of nitrogens with zero attached hydrogens (tertiary/aromatic N) is 1. The van der Waals surface area contributed by atoms with E-state index in [-0.39, 0.29) is 11.6 Å². The van der Waals surface area contributed by atoms with E-state index in [0.29, 0.717) is 0 Å². The van der Waals surface area contributed by atoms with E-state index < -0.39 is 0 Å². The van der Waals surface area contributed by atoms with Crippen LogP contribution in [-0.2, 0) is 6.42 Å². The van der Waals surface area contributed by atoms with Crippen molar-refractivity contribution in [1.82, 2.24) is 4.90 Å². The van der Waals surface area contributed by atoms with Crippen LogP contribution in [-0.4, -0.2) is 29.6 Å². The molecule has 2 atom stereocenters. The highest BCUT2D eigenvalue weighted by molar-refractivity contribution is 5.22. The van der Waals surface area contributed by atoms with Crippen LogP contribution in [0.15, 0.2) is 24.3 Å². The topological polar surface area (TPSA) is 29.3 Å². The van der Waals surface area contributed by atoms with E-state index in [0.717, 1.165) is 12.8 Å². The van der Waals surface area contributed by atoms with Gasteiger partial charge in [0.2, 0.25) is 0 Å². The molecule has 0 spiro atoms. The predicted octanol–water partition coefficient (Wildman–Crippen LogP) is 3.52. The number of likely N-dealkylation sites (tertiary alicyclic amines) is 1. The molecule has 1 fully saturated rings. The Labute approximate surface area is 124 Å². The summed E-state index contributed by atoms with van der Waals surface area (Å²) in [4.78, 5) is 2.63. The summed E-state index contributed by atoms with van der Waals surface area (Å²) in [5.74, 6) is 0. The average Bonchev–Trinajstić information content (AvgIpc) is 2.49. The second kappa shape index (κ2) is 6.73. The first-order chi connectivity index (χ1) is 9.56. The SMILES string of the molecule is CCC(C)(C(N)Cc1ccc(C)cc1)N1CCCCC1. The summed E-state index contributed by atoms with van der Waals surface area (Å²) < 4.78 is 0. The first-order valence-corrected chi connectivity index (χ1v) is 8.12. The lowest BCUT2D eigenvalue weighted by atomic mass is 9.83. The Balaban J connectivity index is 2.07. The predicted molar refractivity (Wildman–Crippen MR) is 87.0 cm³/mol. The van der Waals surface area contributed by atoms with Gasteiger partial charge in [-0.25, -0.2) is 0 Å². The maximum absolute atomic E-state index is 6.62. The third-order valence-corrected chi connectivity index (χ3v) is 5.17. The maximum Gasteiger partial charge on any atom is 0.0332 e. The second-order valence-electron chi connectivity index (χ2n) is 6.55. The molecule has 1 aliphatic rings. The van der Waals surface area contributed by atoms with Crippen molar-refractivity contribution in [2.45, 2.75) is 64.5 Å². The van der Waals surface area contributed by atoms with Crippen LogP contribution in [0.25, 0.3) is 0 Å². The Kier molecular flexibility index (Phi) is 5.22. The fourth-order valence-corrected chi connectivity index (χ4v) is 3.32. The molecule has 1 saturated heterocycles. The molecule has 0 radical (unpaired) electrons. The molecule has 1 heterocycles. The van der Waals surface area contributed by atoms with Gasteiger partial charge in [0.25, 0.3) is 0 Å². The van der Waals surface area contributed by atoms with Gasteiger partial charge < -0.3 is 5.73 Å². The molecule has 2 unspecified atom stereocenters. The Morgan fingerprint density at radius 2 is 1.75 bits per heavy atom. The Morgan fingerprint density at radius 1 is 1.15 bits per heavy atom. The molecule has 2 N–H and O–H groups in total. The molecule has 0 saturated carbocycles. The summed E-state index contributed by atoms with van der Waals surface area (Å²) in [6.45, 7) is 9.20. The lowest BCUT2D eigenvalue weighted by Gasteiger charge is -2.47. The summed E-state index contributed by atoms with van der Waals surface area (Å²) in [5.41, 5.74) is 9.43. The molecule has 1 aliphatic heterocycles. The Bertz CT molecular complexity index is 406. The summed E-state index contributed by atoms with van der Waals surface area (Å²) >= 11 is 0. The van der Waals surface area contributed by atoms with E-state index in [2.05, 4.69) is 49.9 Å². The minimum atomic E-state index is 0.130. The molecule has 0 aromatic heterocycles. The lowest BCUT2D eigenvalue weighted by molar-refractivity contribution is 0.0546. The van der Waals surface area contributed by atoms with Crippen LogP contribution in [0.4, 0.5) is 0 Å². The van der Waals surface area contributed by atoms with E-state index in [1.54, 1.807) is 0 Å². The first-order valence-electron chi connectivity index (χ1n) is 8.12. The average molecular weight is 274 g/mol. The first kappa shape index (κ1) is 15.5. The van der Waals surface area contributed by atoms with Crippen molar-refractivity contribution < 1.29 is 0 Å². The highest BCUT2D eigenvalue weighted by atomic mass is 15.2. The molecular weight excluding hydrogens is 244 g/mol. The van der Waals surface area contributed by atoms with Gasteiger partial charge in [-0.05, 0) is 58.2 Å². The van der Waals surface area contributed by atoms with E-state index >= 15 is 0 Å². The molecular formula is C18H30N2. The minimum absolute atomic E-state index is 0.130. The smallest absolute Gasteiger partial charge is 0.0332 e.